The zero-order valence-electron chi connectivity index (χ0n) is 14.0. The van der Waals surface area contributed by atoms with Crippen LogP contribution in [0.3, 0.4) is 0 Å². The number of rotatable bonds is 4. The van der Waals surface area contributed by atoms with Gasteiger partial charge in [-0.3, -0.25) is 15.1 Å². The average Bonchev–Trinajstić information content (AvgIpc) is 2.69. The van der Waals surface area contributed by atoms with Gasteiger partial charge in [-0.15, -0.1) is 0 Å². The van der Waals surface area contributed by atoms with Crippen LogP contribution in [0.1, 0.15) is 12.5 Å². The molecule has 130 valence electrons. The lowest BCUT2D eigenvalue weighted by atomic mass is 10.0. The molecule has 0 radical (unpaired) electrons. The summed E-state index contributed by atoms with van der Waals surface area (Å²) in [4.78, 5) is 20.6. The summed E-state index contributed by atoms with van der Waals surface area (Å²) in [7, 11) is 0. The van der Waals surface area contributed by atoms with E-state index < -0.39 is 6.09 Å². The molecule has 3 aromatic rings. The minimum absolute atomic E-state index is 0.381. The van der Waals surface area contributed by atoms with Crippen molar-refractivity contribution in [2.24, 2.45) is 5.16 Å². The highest BCUT2D eigenvalue weighted by Crippen LogP contribution is 2.19. The molecule has 1 N–H and O–H groups in total. The molecule has 1 amide bonds. The smallest absolute Gasteiger partial charge is 0.298 e. The molecular formula is C20H16FN3O2. The predicted octanol–water partition coefficient (Wildman–Crippen LogP) is 4.86. The number of hydrogen-bond donors (Lipinski definition) is 1. The molecule has 0 bridgehead atoms. The lowest BCUT2D eigenvalue weighted by Gasteiger charge is -2.05. The molecular weight excluding hydrogens is 333 g/mol. The summed E-state index contributed by atoms with van der Waals surface area (Å²) in [6.07, 6.45) is 2.73. The normalized spacial score (nSPS) is 11.1. The number of aromatic nitrogens is 1. The van der Waals surface area contributed by atoms with Crippen LogP contribution in [0.2, 0.25) is 0 Å². The number of benzene rings is 2. The summed E-state index contributed by atoms with van der Waals surface area (Å²) in [6.45, 7) is 1.74. The van der Waals surface area contributed by atoms with E-state index in [1.54, 1.807) is 19.3 Å². The Morgan fingerprint density at radius 1 is 0.962 bits per heavy atom. The third kappa shape index (κ3) is 4.51. The molecule has 0 aliphatic heterocycles. The monoisotopic (exact) mass is 349 g/mol. The van der Waals surface area contributed by atoms with Gasteiger partial charge < -0.3 is 0 Å². The maximum Gasteiger partial charge on any atom is 0.437 e. The number of amides is 1. The van der Waals surface area contributed by atoms with Gasteiger partial charge in [0.05, 0.1) is 5.71 Å². The molecule has 6 heteroatoms. The molecule has 0 aliphatic rings. The molecule has 0 aliphatic carbocycles. The van der Waals surface area contributed by atoms with Crippen molar-refractivity contribution in [3.8, 4) is 11.1 Å². The Morgan fingerprint density at radius 2 is 1.58 bits per heavy atom. The minimum atomic E-state index is -0.746. The zero-order valence-corrected chi connectivity index (χ0v) is 14.0. The number of nitrogens with one attached hydrogen (secondary N) is 1. The van der Waals surface area contributed by atoms with Crippen LogP contribution in [0.15, 0.2) is 78.2 Å². The largest absolute Gasteiger partial charge is 0.437 e. The predicted molar refractivity (Wildman–Crippen MR) is 98.4 cm³/mol. The highest BCUT2D eigenvalue weighted by atomic mass is 19.1. The average molecular weight is 349 g/mol. The molecule has 1 aromatic heterocycles. The SMILES string of the molecule is CC(=NOC(=O)Nc1ccc(F)cc1)c1ccc(-c2ccncc2)cc1. The van der Waals surface area contributed by atoms with Crippen molar-refractivity contribution in [2.45, 2.75) is 6.92 Å². The fraction of sp³-hybridized carbons (Fsp3) is 0.0500. The van der Waals surface area contributed by atoms with E-state index in [0.717, 1.165) is 16.7 Å². The number of oxime groups is 1. The van der Waals surface area contributed by atoms with Crippen LogP contribution >= 0.6 is 0 Å². The maximum absolute atomic E-state index is 12.8. The molecule has 0 atom stereocenters. The standard InChI is InChI=1S/C20H16FN3O2/c1-14(24-26-20(25)23-19-8-6-18(21)7-9-19)15-2-4-16(5-3-15)17-10-12-22-13-11-17/h2-13H,1H3,(H,23,25). The van der Waals surface area contributed by atoms with E-state index in [1.807, 2.05) is 36.4 Å². The van der Waals surface area contributed by atoms with Crippen molar-refractivity contribution in [1.82, 2.24) is 4.98 Å². The van der Waals surface area contributed by atoms with Crippen molar-refractivity contribution >= 4 is 17.5 Å². The van der Waals surface area contributed by atoms with Crippen LogP contribution in [-0.2, 0) is 4.84 Å². The van der Waals surface area contributed by atoms with Gasteiger partial charge in [-0.25, -0.2) is 9.18 Å². The summed E-state index contributed by atoms with van der Waals surface area (Å²) in [6, 6.07) is 16.9. The molecule has 26 heavy (non-hydrogen) atoms. The molecule has 1 heterocycles. The topological polar surface area (TPSA) is 63.6 Å². The minimum Gasteiger partial charge on any atom is -0.298 e. The fourth-order valence-corrected chi connectivity index (χ4v) is 2.28. The van der Waals surface area contributed by atoms with Gasteiger partial charge in [-0.2, -0.15) is 0 Å². The molecule has 0 saturated heterocycles. The van der Waals surface area contributed by atoms with Gasteiger partial charge in [0.15, 0.2) is 0 Å². The first-order valence-corrected chi connectivity index (χ1v) is 7.91. The van der Waals surface area contributed by atoms with Crippen LogP contribution < -0.4 is 5.32 Å². The van der Waals surface area contributed by atoms with E-state index in [9.17, 15) is 9.18 Å². The molecule has 3 rings (SSSR count). The van der Waals surface area contributed by atoms with Gasteiger partial charge in [0.1, 0.15) is 5.82 Å². The molecule has 0 unspecified atom stereocenters. The first-order valence-electron chi connectivity index (χ1n) is 7.91. The van der Waals surface area contributed by atoms with E-state index in [-0.39, 0.29) is 5.82 Å². The van der Waals surface area contributed by atoms with Crippen molar-refractivity contribution in [3.63, 3.8) is 0 Å². The number of anilines is 1. The van der Waals surface area contributed by atoms with Gasteiger partial charge in [0.2, 0.25) is 0 Å². The highest BCUT2D eigenvalue weighted by molar-refractivity contribution is 5.99. The zero-order chi connectivity index (χ0) is 18.4. The summed E-state index contributed by atoms with van der Waals surface area (Å²) in [5, 5.41) is 6.30. The van der Waals surface area contributed by atoms with Gasteiger partial charge in [0.25, 0.3) is 0 Å². The number of pyridine rings is 1. The maximum atomic E-state index is 12.8. The molecule has 0 spiro atoms. The molecule has 5 nitrogen and oxygen atoms in total. The third-order valence-electron chi connectivity index (χ3n) is 3.67. The Balaban J connectivity index is 1.62. The Labute approximate surface area is 150 Å². The van der Waals surface area contributed by atoms with Crippen LogP contribution in [0, 0.1) is 5.82 Å². The van der Waals surface area contributed by atoms with Crippen LogP contribution in [0.4, 0.5) is 14.9 Å². The first kappa shape index (κ1) is 17.3. The van der Waals surface area contributed by atoms with Crippen LogP contribution in [0.25, 0.3) is 11.1 Å². The second-order valence-corrected chi connectivity index (χ2v) is 5.50. The lowest BCUT2D eigenvalue weighted by molar-refractivity contribution is 0.166. The first-order chi connectivity index (χ1) is 12.6. The second-order valence-electron chi connectivity index (χ2n) is 5.50. The van der Waals surface area contributed by atoms with Gasteiger partial charge in [-0.05, 0) is 60.0 Å². The van der Waals surface area contributed by atoms with Crippen LogP contribution in [0.5, 0.6) is 0 Å². The Hall–Kier alpha value is -3.54. The Morgan fingerprint density at radius 3 is 2.23 bits per heavy atom. The van der Waals surface area contributed by atoms with E-state index in [1.165, 1.54) is 24.3 Å². The number of nitrogens with zero attached hydrogens (tertiary/aromatic N) is 2. The van der Waals surface area contributed by atoms with Crippen LogP contribution in [-0.4, -0.2) is 16.8 Å². The summed E-state index contributed by atoms with van der Waals surface area (Å²) in [5.74, 6) is -0.381. The number of carbonyl (C=O) groups is 1. The Bertz CT molecular complexity index is 908. The fourth-order valence-electron chi connectivity index (χ4n) is 2.28. The summed E-state index contributed by atoms with van der Waals surface area (Å²) < 4.78 is 12.8. The van der Waals surface area contributed by atoms with E-state index >= 15 is 0 Å². The number of hydrogen-bond acceptors (Lipinski definition) is 4. The molecule has 0 saturated carbocycles. The van der Waals surface area contributed by atoms with E-state index in [2.05, 4.69) is 15.5 Å². The van der Waals surface area contributed by atoms with Gasteiger partial charge in [0, 0.05) is 18.1 Å². The van der Waals surface area contributed by atoms with Crippen molar-refractivity contribution in [1.29, 1.82) is 0 Å². The van der Waals surface area contributed by atoms with Crippen molar-refractivity contribution < 1.29 is 14.0 Å². The quantitative estimate of drug-likeness (QED) is 0.416. The van der Waals surface area contributed by atoms with E-state index in [0.29, 0.717) is 11.4 Å². The highest BCUT2D eigenvalue weighted by Gasteiger charge is 2.05. The summed E-state index contributed by atoms with van der Waals surface area (Å²) >= 11 is 0. The second kappa shape index (κ2) is 8.02. The summed E-state index contributed by atoms with van der Waals surface area (Å²) in [5.41, 5.74) is 3.93. The molecule has 0 fully saturated rings. The number of carbonyl (C=O) groups excluding carboxylic acids is 1. The van der Waals surface area contributed by atoms with Gasteiger partial charge >= 0.3 is 6.09 Å². The Kier molecular flexibility index (Phi) is 5.34. The van der Waals surface area contributed by atoms with Crippen molar-refractivity contribution in [3.05, 3.63) is 84.4 Å². The van der Waals surface area contributed by atoms with Gasteiger partial charge in [-0.1, -0.05) is 29.4 Å². The van der Waals surface area contributed by atoms with Crippen molar-refractivity contribution in [2.75, 3.05) is 5.32 Å². The van der Waals surface area contributed by atoms with E-state index in [4.69, 9.17) is 4.84 Å². The molecule has 2 aromatic carbocycles. The lowest BCUT2D eigenvalue weighted by Crippen LogP contribution is -2.11. The third-order valence-corrected chi connectivity index (χ3v) is 3.67. The number of halogens is 1.